The number of carbonyl (C=O) groups is 1. The number of methoxy groups -OCH3 is 1. The van der Waals surface area contributed by atoms with Crippen LogP contribution in [0.25, 0.3) is 11.1 Å². The van der Waals surface area contributed by atoms with Crippen LogP contribution >= 0.6 is 56.1 Å². The number of carbonyl (C=O) groups excluding carboxylic acids is 1. The normalized spacial score (nSPS) is 14.2. The molecule has 4 rings (SSSR count). The number of halogens is 2. The molecule has 9 heteroatoms. The second kappa shape index (κ2) is 7.56. The Labute approximate surface area is 191 Å². The average molecular weight is 483 g/mol. The fourth-order valence-corrected chi connectivity index (χ4v) is 7.03. The summed E-state index contributed by atoms with van der Waals surface area (Å²) in [6, 6.07) is 10.4. The first-order valence-electron chi connectivity index (χ1n) is 8.62. The van der Waals surface area contributed by atoms with E-state index in [9.17, 15) is 4.79 Å². The second-order valence-electron chi connectivity index (χ2n) is 6.99. The molecule has 0 bridgehead atoms. The Morgan fingerprint density at radius 3 is 2.59 bits per heavy atom. The molecule has 0 saturated carbocycles. The number of hydrogen-bond donors (Lipinski definition) is 1. The highest BCUT2D eigenvalue weighted by molar-refractivity contribution is 7.80. The molecule has 2 aromatic carbocycles. The zero-order chi connectivity index (χ0) is 20.9. The standard InChI is InChI=1S/C20H16Cl2N2O2S3/c1-20(2)17-16(18(27)29-28-17)12-9-11(26-3)5-7-15(12)24(20)19(25)23-10-4-6-13(21)14(22)8-10/h4-9H,1-3H3,(H,23,25). The van der Waals surface area contributed by atoms with Crippen molar-refractivity contribution in [1.29, 1.82) is 0 Å². The van der Waals surface area contributed by atoms with Gasteiger partial charge in [-0.05, 0) is 50.2 Å². The molecule has 0 aliphatic carbocycles. The maximum absolute atomic E-state index is 13.4. The zero-order valence-corrected chi connectivity index (χ0v) is 19.7. The van der Waals surface area contributed by atoms with Crippen molar-refractivity contribution in [3.05, 3.63) is 55.1 Å². The van der Waals surface area contributed by atoms with Crippen LogP contribution < -0.4 is 15.0 Å². The van der Waals surface area contributed by atoms with Crippen molar-refractivity contribution < 1.29 is 9.53 Å². The lowest BCUT2D eigenvalue weighted by atomic mass is 9.87. The number of urea groups is 1. The molecule has 1 aliphatic rings. The molecule has 29 heavy (non-hydrogen) atoms. The Morgan fingerprint density at radius 2 is 1.90 bits per heavy atom. The third-order valence-electron chi connectivity index (χ3n) is 4.83. The summed E-state index contributed by atoms with van der Waals surface area (Å²) in [5, 5.41) is 3.75. The number of anilines is 2. The summed E-state index contributed by atoms with van der Waals surface area (Å²) in [7, 11) is 4.77. The quantitative estimate of drug-likeness (QED) is 0.299. The molecule has 0 radical (unpaired) electrons. The van der Waals surface area contributed by atoms with Crippen LogP contribution in [0.3, 0.4) is 0 Å². The van der Waals surface area contributed by atoms with Gasteiger partial charge in [0.25, 0.3) is 0 Å². The third kappa shape index (κ3) is 3.45. The number of amides is 2. The van der Waals surface area contributed by atoms with Gasteiger partial charge < -0.3 is 10.1 Å². The van der Waals surface area contributed by atoms with E-state index in [1.165, 1.54) is 0 Å². The molecule has 0 atom stereocenters. The summed E-state index contributed by atoms with van der Waals surface area (Å²) >= 11 is 17.7. The van der Waals surface area contributed by atoms with Crippen molar-refractivity contribution in [3.63, 3.8) is 0 Å². The lowest BCUT2D eigenvalue weighted by molar-refractivity contribution is 0.251. The van der Waals surface area contributed by atoms with E-state index in [2.05, 4.69) is 5.32 Å². The van der Waals surface area contributed by atoms with E-state index in [0.29, 0.717) is 21.5 Å². The van der Waals surface area contributed by atoms with E-state index < -0.39 is 5.54 Å². The topological polar surface area (TPSA) is 41.6 Å². The predicted octanol–water partition coefficient (Wildman–Crippen LogP) is 7.81. The molecular formula is C20H16Cl2N2O2S3. The Bertz CT molecular complexity index is 1190. The summed E-state index contributed by atoms with van der Waals surface area (Å²) in [5.74, 6) is 0.713. The summed E-state index contributed by atoms with van der Waals surface area (Å²) in [5.41, 5.74) is 2.66. The van der Waals surface area contributed by atoms with Crippen LogP contribution in [-0.4, -0.2) is 13.1 Å². The SMILES string of the molecule is COc1ccc2c(c1)-c1c(ssc1=S)C(C)(C)N2C(=O)Nc1ccc(Cl)c(Cl)c1. The molecule has 0 fully saturated rings. The monoisotopic (exact) mass is 482 g/mol. The number of benzene rings is 2. The molecule has 2 amide bonds. The van der Waals surface area contributed by atoms with Gasteiger partial charge in [-0.3, -0.25) is 4.90 Å². The van der Waals surface area contributed by atoms with Gasteiger partial charge in [0.15, 0.2) is 0 Å². The van der Waals surface area contributed by atoms with Crippen molar-refractivity contribution in [2.45, 2.75) is 19.4 Å². The second-order valence-corrected chi connectivity index (χ2v) is 10.6. The van der Waals surface area contributed by atoms with E-state index in [-0.39, 0.29) is 6.03 Å². The van der Waals surface area contributed by atoms with E-state index in [0.717, 1.165) is 25.5 Å². The molecular weight excluding hydrogens is 467 g/mol. The molecule has 4 nitrogen and oxygen atoms in total. The Hall–Kier alpha value is -1.64. The summed E-state index contributed by atoms with van der Waals surface area (Å²) in [6.45, 7) is 4.04. The van der Waals surface area contributed by atoms with Crippen molar-refractivity contribution in [2.24, 2.45) is 0 Å². The van der Waals surface area contributed by atoms with Gasteiger partial charge in [-0.15, -0.1) is 0 Å². The summed E-state index contributed by atoms with van der Waals surface area (Å²) < 4.78 is 6.22. The molecule has 0 saturated heterocycles. The highest BCUT2D eigenvalue weighted by Gasteiger charge is 2.43. The van der Waals surface area contributed by atoms with Gasteiger partial charge in [0, 0.05) is 16.8 Å². The van der Waals surface area contributed by atoms with E-state index in [1.54, 1.807) is 50.9 Å². The first-order chi connectivity index (χ1) is 13.7. The van der Waals surface area contributed by atoms with Crippen molar-refractivity contribution in [3.8, 4) is 16.9 Å². The Kier molecular flexibility index (Phi) is 5.38. The van der Waals surface area contributed by atoms with E-state index >= 15 is 0 Å². The fourth-order valence-electron chi connectivity index (χ4n) is 3.45. The molecule has 0 spiro atoms. The van der Waals surface area contributed by atoms with Gasteiger partial charge in [-0.1, -0.05) is 56.1 Å². The zero-order valence-electron chi connectivity index (χ0n) is 15.7. The number of rotatable bonds is 2. The fraction of sp³-hybridized carbons (Fsp3) is 0.200. The third-order valence-corrected chi connectivity index (χ3v) is 8.90. The molecule has 3 aromatic rings. The van der Waals surface area contributed by atoms with Crippen molar-refractivity contribution in [1.82, 2.24) is 0 Å². The molecule has 2 heterocycles. The minimum absolute atomic E-state index is 0.269. The first-order valence-corrected chi connectivity index (χ1v) is 11.9. The van der Waals surface area contributed by atoms with Crippen molar-refractivity contribution in [2.75, 3.05) is 17.3 Å². The smallest absolute Gasteiger partial charge is 0.327 e. The van der Waals surface area contributed by atoms with Gasteiger partial charge in [-0.25, -0.2) is 4.79 Å². The molecule has 1 aromatic heterocycles. The minimum Gasteiger partial charge on any atom is -0.497 e. The Morgan fingerprint density at radius 1 is 1.14 bits per heavy atom. The van der Waals surface area contributed by atoms with Crippen LogP contribution in [-0.2, 0) is 5.54 Å². The highest BCUT2D eigenvalue weighted by atomic mass is 35.5. The van der Waals surface area contributed by atoms with E-state index in [4.69, 9.17) is 40.2 Å². The van der Waals surface area contributed by atoms with Crippen LogP contribution in [0.4, 0.5) is 16.2 Å². The minimum atomic E-state index is -0.588. The lowest BCUT2D eigenvalue weighted by Crippen LogP contribution is -2.49. The van der Waals surface area contributed by atoms with Crippen LogP contribution in [0.1, 0.15) is 18.7 Å². The van der Waals surface area contributed by atoms with Gasteiger partial charge in [0.2, 0.25) is 0 Å². The number of fused-ring (bicyclic) bond motifs is 3. The summed E-state index contributed by atoms with van der Waals surface area (Å²) in [6.07, 6.45) is 0. The van der Waals surface area contributed by atoms with Gasteiger partial charge >= 0.3 is 6.03 Å². The largest absolute Gasteiger partial charge is 0.497 e. The Balaban J connectivity index is 1.84. The van der Waals surface area contributed by atoms with Crippen LogP contribution in [0.15, 0.2) is 36.4 Å². The lowest BCUT2D eigenvalue weighted by Gasteiger charge is -2.42. The van der Waals surface area contributed by atoms with Gasteiger partial charge in [-0.2, -0.15) is 0 Å². The molecule has 1 N–H and O–H groups in total. The average Bonchev–Trinajstić information content (AvgIpc) is 3.07. The van der Waals surface area contributed by atoms with Crippen molar-refractivity contribution >= 4 is 73.5 Å². The highest BCUT2D eigenvalue weighted by Crippen LogP contribution is 2.52. The number of nitrogens with zero attached hydrogens (tertiary/aromatic N) is 1. The molecule has 150 valence electrons. The number of ether oxygens (including phenoxy) is 1. The van der Waals surface area contributed by atoms with Crippen LogP contribution in [0.2, 0.25) is 10.0 Å². The molecule has 1 aliphatic heterocycles. The van der Waals surface area contributed by atoms with Gasteiger partial charge in [0.1, 0.15) is 9.57 Å². The number of hydrogen-bond acceptors (Lipinski definition) is 5. The summed E-state index contributed by atoms with van der Waals surface area (Å²) in [4.78, 5) is 16.2. The maximum atomic E-state index is 13.4. The van der Waals surface area contributed by atoms with Crippen LogP contribution in [0, 0.1) is 3.82 Å². The number of nitrogens with one attached hydrogen (secondary N) is 1. The molecule has 0 unspecified atom stereocenters. The first kappa shape index (κ1) is 20.6. The maximum Gasteiger partial charge on any atom is 0.327 e. The van der Waals surface area contributed by atoms with E-state index in [1.807, 2.05) is 32.0 Å². The van der Waals surface area contributed by atoms with Gasteiger partial charge in [0.05, 0.1) is 33.3 Å². The van der Waals surface area contributed by atoms with Crippen LogP contribution in [0.5, 0.6) is 5.75 Å². The predicted molar refractivity (Wildman–Crippen MR) is 126 cm³/mol.